The average molecular weight is 266 g/mol. The van der Waals surface area contributed by atoms with Crippen molar-refractivity contribution >= 4 is 0 Å². The van der Waals surface area contributed by atoms with Crippen molar-refractivity contribution in [2.24, 2.45) is 5.73 Å². The second-order valence-corrected chi connectivity index (χ2v) is 5.55. The lowest BCUT2D eigenvalue weighted by Gasteiger charge is -2.39. The summed E-state index contributed by atoms with van der Waals surface area (Å²) in [5.74, 6) is 1.57. The van der Waals surface area contributed by atoms with Gasteiger partial charge in [0.05, 0.1) is 6.54 Å². The van der Waals surface area contributed by atoms with Crippen LogP contribution in [0.2, 0.25) is 0 Å². The summed E-state index contributed by atoms with van der Waals surface area (Å²) >= 11 is 0. The van der Waals surface area contributed by atoms with Crippen LogP contribution in [0.3, 0.4) is 0 Å². The standard InChI is InChI=1S/C14H26N4O/c1-3-4-8-13-16-14(19-17-13)10-18-11(2)6-5-7-12(18)9-15/h11-12H,3-10,15H2,1-2H3. The van der Waals surface area contributed by atoms with Crippen LogP contribution in [-0.4, -0.2) is 33.7 Å². The monoisotopic (exact) mass is 266 g/mol. The fraction of sp³-hybridized carbons (Fsp3) is 0.857. The molecule has 19 heavy (non-hydrogen) atoms. The van der Waals surface area contributed by atoms with Gasteiger partial charge in [-0.2, -0.15) is 4.98 Å². The molecule has 1 aliphatic rings. The third-order valence-corrected chi connectivity index (χ3v) is 4.05. The summed E-state index contributed by atoms with van der Waals surface area (Å²) in [7, 11) is 0. The fourth-order valence-electron chi connectivity index (χ4n) is 2.83. The minimum absolute atomic E-state index is 0.453. The molecule has 0 saturated carbocycles. The first-order valence-corrected chi connectivity index (χ1v) is 7.51. The van der Waals surface area contributed by atoms with Gasteiger partial charge >= 0.3 is 0 Å². The van der Waals surface area contributed by atoms with Gasteiger partial charge in [0, 0.05) is 25.0 Å². The van der Waals surface area contributed by atoms with E-state index in [9.17, 15) is 0 Å². The summed E-state index contributed by atoms with van der Waals surface area (Å²) in [5, 5.41) is 4.05. The zero-order valence-electron chi connectivity index (χ0n) is 12.1. The first-order chi connectivity index (χ1) is 9.24. The molecule has 1 saturated heterocycles. The quantitative estimate of drug-likeness (QED) is 0.854. The predicted octanol–water partition coefficient (Wildman–Crippen LogP) is 2.11. The van der Waals surface area contributed by atoms with Crippen LogP contribution in [-0.2, 0) is 13.0 Å². The maximum Gasteiger partial charge on any atom is 0.240 e. The van der Waals surface area contributed by atoms with Crippen molar-refractivity contribution in [2.45, 2.75) is 71.0 Å². The van der Waals surface area contributed by atoms with Gasteiger partial charge in [-0.25, -0.2) is 0 Å². The Morgan fingerprint density at radius 1 is 1.42 bits per heavy atom. The molecular weight excluding hydrogens is 240 g/mol. The Balaban J connectivity index is 1.96. The lowest BCUT2D eigenvalue weighted by molar-refractivity contribution is 0.0770. The van der Waals surface area contributed by atoms with Crippen molar-refractivity contribution in [3.8, 4) is 0 Å². The van der Waals surface area contributed by atoms with E-state index in [0.717, 1.165) is 37.5 Å². The Bertz CT molecular complexity index is 379. The molecule has 1 fully saturated rings. The number of unbranched alkanes of at least 4 members (excludes halogenated alkanes) is 1. The third-order valence-electron chi connectivity index (χ3n) is 4.05. The summed E-state index contributed by atoms with van der Waals surface area (Å²) in [6.07, 6.45) is 6.86. The molecule has 1 aromatic heterocycles. The maximum atomic E-state index is 5.87. The average Bonchev–Trinajstić information content (AvgIpc) is 2.86. The highest BCUT2D eigenvalue weighted by molar-refractivity contribution is 4.90. The van der Waals surface area contributed by atoms with E-state index in [4.69, 9.17) is 10.3 Å². The molecule has 5 heteroatoms. The summed E-state index contributed by atoms with van der Waals surface area (Å²) < 4.78 is 5.36. The van der Waals surface area contributed by atoms with Crippen LogP contribution in [0.25, 0.3) is 0 Å². The second-order valence-electron chi connectivity index (χ2n) is 5.55. The number of aromatic nitrogens is 2. The number of aryl methyl sites for hydroxylation is 1. The molecule has 0 bridgehead atoms. The van der Waals surface area contributed by atoms with Crippen molar-refractivity contribution in [3.05, 3.63) is 11.7 Å². The van der Waals surface area contributed by atoms with Crippen LogP contribution in [0.4, 0.5) is 0 Å². The van der Waals surface area contributed by atoms with Gasteiger partial charge in [-0.1, -0.05) is 24.9 Å². The maximum absolute atomic E-state index is 5.87. The van der Waals surface area contributed by atoms with Crippen molar-refractivity contribution in [1.82, 2.24) is 15.0 Å². The van der Waals surface area contributed by atoms with E-state index in [1.807, 2.05) is 0 Å². The molecule has 2 N–H and O–H groups in total. The zero-order chi connectivity index (χ0) is 13.7. The minimum atomic E-state index is 0.453. The van der Waals surface area contributed by atoms with Crippen LogP contribution in [0, 0.1) is 0 Å². The Labute approximate surface area is 115 Å². The molecular formula is C14H26N4O. The smallest absolute Gasteiger partial charge is 0.240 e. The van der Waals surface area contributed by atoms with Crippen LogP contribution < -0.4 is 5.73 Å². The third kappa shape index (κ3) is 3.76. The first-order valence-electron chi connectivity index (χ1n) is 7.51. The van der Waals surface area contributed by atoms with Gasteiger partial charge in [-0.05, 0) is 26.2 Å². The van der Waals surface area contributed by atoms with E-state index in [-0.39, 0.29) is 0 Å². The van der Waals surface area contributed by atoms with Crippen LogP contribution in [0.5, 0.6) is 0 Å². The minimum Gasteiger partial charge on any atom is -0.338 e. The van der Waals surface area contributed by atoms with Gasteiger partial charge in [0.2, 0.25) is 5.89 Å². The summed E-state index contributed by atoms with van der Waals surface area (Å²) in [5.41, 5.74) is 5.87. The first kappa shape index (κ1) is 14.5. The highest BCUT2D eigenvalue weighted by Gasteiger charge is 2.28. The summed E-state index contributed by atoms with van der Waals surface area (Å²) in [6.45, 7) is 5.88. The number of likely N-dealkylation sites (tertiary alicyclic amines) is 1. The van der Waals surface area contributed by atoms with E-state index in [0.29, 0.717) is 18.6 Å². The predicted molar refractivity (Wildman–Crippen MR) is 74.6 cm³/mol. The van der Waals surface area contributed by atoms with E-state index in [1.165, 1.54) is 19.3 Å². The lowest BCUT2D eigenvalue weighted by atomic mass is 9.96. The number of nitrogens with zero attached hydrogens (tertiary/aromatic N) is 3. The molecule has 5 nitrogen and oxygen atoms in total. The van der Waals surface area contributed by atoms with Gasteiger partial charge in [-0.3, -0.25) is 4.90 Å². The number of hydrogen-bond acceptors (Lipinski definition) is 5. The van der Waals surface area contributed by atoms with Gasteiger partial charge in [-0.15, -0.1) is 0 Å². The second kappa shape index (κ2) is 7.01. The van der Waals surface area contributed by atoms with Crippen LogP contribution >= 0.6 is 0 Å². The highest BCUT2D eigenvalue weighted by Crippen LogP contribution is 2.24. The summed E-state index contributed by atoms with van der Waals surface area (Å²) in [4.78, 5) is 6.90. The van der Waals surface area contributed by atoms with Gasteiger partial charge in [0.25, 0.3) is 0 Å². The molecule has 0 radical (unpaired) electrons. The molecule has 2 atom stereocenters. The number of hydrogen-bond donors (Lipinski definition) is 1. The number of nitrogens with two attached hydrogens (primary N) is 1. The molecule has 1 aromatic rings. The van der Waals surface area contributed by atoms with E-state index in [1.54, 1.807) is 0 Å². The normalized spacial score (nSPS) is 24.8. The molecule has 0 aromatic carbocycles. The Morgan fingerprint density at radius 3 is 3.00 bits per heavy atom. The Kier molecular flexibility index (Phi) is 5.34. The topological polar surface area (TPSA) is 68.2 Å². The molecule has 2 heterocycles. The van der Waals surface area contributed by atoms with Gasteiger partial charge in [0.15, 0.2) is 5.82 Å². The van der Waals surface area contributed by atoms with Crippen LogP contribution in [0.15, 0.2) is 4.52 Å². The van der Waals surface area contributed by atoms with E-state index >= 15 is 0 Å². The highest BCUT2D eigenvalue weighted by atomic mass is 16.5. The molecule has 0 amide bonds. The molecule has 2 unspecified atom stereocenters. The SMILES string of the molecule is CCCCc1noc(CN2C(C)CCCC2CN)n1. The zero-order valence-corrected chi connectivity index (χ0v) is 12.1. The Morgan fingerprint density at radius 2 is 2.26 bits per heavy atom. The van der Waals surface area contributed by atoms with Crippen LogP contribution in [0.1, 0.15) is 57.7 Å². The number of rotatable bonds is 6. The molecule has 2 rings (SSSR count). The van der Waals surface area contributed by atoms with Crippen molar-refractivity contribution < 1.29 is 4.52 Å². The Hall–Kier alpha value is -0.940. The molecule has 0 spiro atoms. The molecule has 0 aliphatic carbocycles. The van der Waals surface area contributed by atoms with E-state index < -0.39 is 0 Å². The van der Waals surface area contributed by atoms with Crippen molar-refractivity contribution in [3.63, 3.8) is 0 Å². The van der Waals surface area contributed by atoms with Crippen molar-refractivity contribution in [1.29, 1.82) is 0 Å². The lowest BCUT2D eigenvalue weighted by Crippen LogP contribution is -2.48. The van der Waals surface area contributed by atoms with Crippen molar-refractivity contribution in [2.75, 3.05) is 6.54 Å². The van der Waals surface area contributed by atoms with E-state index in [2.05, 4.69) is 28.9 Å². The van der Waals surface area contributed by atoms with Gasteiger partial charge in [0.1, 0.15) is 0 Å². The van der Waals surface area contributed by atoms with Gasteiger partial charge < -0.3 is 10.3 Å². The number of piperidine rings is 1. The summed E-state index contributed by atoms with van der Waals surface area (Å²) in [6, 6.07) is 1.00. The molecule has 1 aliphatic heterocycles. The fourth-order valence-corrected chi connectivity index (χ4v) is 2.83. The largest absolute Gasteiger partial charge is 0.338 e. The molecule has 108 valence electrons.